The molecule has 0 bridgehead atoms. The number of thiophene rings is 1. The largest absolute Gasteiger partial charge is 0.396 e. The second-order valence-electron chi connectivity index (χ2n) is 5.19. The predicted molar refractivity (Wildman–Crippen MR) is 80.8 cm³/mol. The summed E-state index contributed by atoms with van der Waals surface area (Å²) in [6.45, 7) is 8.71. The molecule has 0 aromatic carbocycles. The topological polar surface area (TPSA) is 58.0 Å². The van der Waals surface area contributed by atoms with E-state index in [2.05, 4.69) is 43.0 Å². The first kappa shape index (κ1) is 14.2. The summed E-state index contributed by atoms with van der Waals surface area (Å²) < 4.78 is 0. The molecule has 1 atom stereocenters. The summed E-state index contributed by atoms with van der Waals surface area (Å²) in [4.78, 5) is 11.0. The molecule has 2 rings (SSSR count). The van der Waals surface area contributed by atoms with Gasteiger partial charge in [0.1, 0.15) is 17.0 Å². The lowest BCUT2D eigenvalue weighted by atomic mass is 10.0. The Bertz CT molecular complexity index is 565. The van der Waals surface area contributed by atoms with Gasteiger partial charge in [0.2, 0.25) is 0 Å². The van der Waals surface area contributed by atoms with Crippen molar-refractivity contribution in [1.82, 2.24) is 9.97 Å². The maximum Gasteiger partial charge on any atom is 0.138 e. The summed E-state index contributed by atoms with van der Waals surface area (Å²) in [7, 11) is 0. The van der Waals surface area contributed by atoms with Crippen LogP contribution in [0.2, 0.25) is 0 Å². The van der Waals surface area contributed by atoms with E-state index in [1.807, 2.05) is 0 Å². The summed E-state index contributed by atoms with van der Waals surface area (Å²) in [6, 6.07) is 0.225. The molecule has 1 unspecified atom stereocenters. The first-order valence-corrected chi connectivity index (χ1v) is 7.44. The van der Waals surface area contributed by atoms with E-state index in [1.54, 1.807) is 17.7 Å². The van der Waals surface area contributed by atoms with Crippen LogP contribution in [0.4, 0.5) is 5.82 Å². The Morgan fingerprint density at radius 2 is 2.05 bits per heavy atom. The van der Waals surface area contributed by atoms with Gasteiger partial charge >= 0.3 is 0 Å². The highest BCUT2D eigenvalue weighted by atomic mass is 32.1. The normalized spacial score (nSPS) is 13.2. The minimum Gasteiger partial charge on any atom is -0.396 e. The maximum atomic E-state index is 9.16. The molecule has 19 heavy (non-hydrogen) atoms. The molecule has 4 nitrogen and oxygen atoms in total. The Kier molecular flexibility index (Phi) is 4.37. The van der Waals surface area contributed by atoms with Crippen LogP contribution >= 0.6 is 11.3 Å². The van der Waals surface area contributed by atoms with E-state index in [9.17, 15) is 0 Å². The molecule has 0 saturated carbocycles. The molecule has 0 amide bonds. The van der Waals surface area contributed by atoms with Crippen molar-refractivity contribution in [1.29, 1.82) is 0 Å². The quantitative estimate of drug-likeness (QED) is 0.883. The van der Waals surface area contributed by atoms with Crippen molar-refractivity contribution in [3.8, 4) is 0 Å². The molecule has 0 aliphatic heterocycles. The molecule has 2 heterocycles. The van der Waals surface area contributed by atoms with Crippen molar-refractivity contribution in [2.24, 2.45) is 5.92 Å². The van der Waals surface area contributed by atoms with Crippen LogP contribution in [0.3, 0.4) is 0 Å². The maximum absolute atomic E-state index is 9.16. The standard InChI is InChI=1S/C14H21N3OS/c1-8(2)11(5-6-18)17-13-12-9(3)10(4)19-14(12)16-7-15-13/h7-8,11,18H,5-6H2,1-4H3,(H,15,16,17). The third kappa shape index (κ3) is 2.87. The van der Waals surface area contributed by atoms with Crippen molar-refractivity contribution in [3.05, 3.63) is 16.8 Å². The Hall–Kier alpha value is -1.20. The second kappa shape index (κ2) is 5.84. The zero-order chi connectivity index (χ0) is 14.0. The first-order chi connectivity index (χ1) is 9.04. The van der Waals surface area contributed by atoms with E-state index in [0.29, 0.717) is 5.92 Å². The average Bonchev–Trinajstić information content (AvgIpc) is 2.65. The van der Waals surface area contributed by atoms with Gasteiger partial charge in [-0.2, -0.15) is 0 Å². The molecular formula is C14H21N3OS. The number of hydrogen-bond acceptors (Lipinski definition) is 5. The fourth-order valence-electron chi connectivity index (χ4n) is 2.18. The van der Waals surface area contributed by atoms with E-state index >= 15 is 0 Å². The van der Waals surface area contributed by atoms with Crippen molar-refractivity contribution in [2.75, 3.05) is 11.9 Å². The molecule has 0 aliphatic rings. The summed E-state index contributed by atoms with van der Waals surface area (Å²) in [5.41, 5.74) is 1.25. The van der Waals surface area contributed by atoms with Gasteiger partial charge in [-0.1, -0.05) is 13.8 Å². The van der Waals surface area contributed by atoms with E-state index in [0.717, 1.165) is 22.5 Å². The molecule has 0 spiro atoms. The number of anilines is 1. The zero-order valence-corrected chi connectivity index (χ0v) is 12.7. The van der Waals surface area contributed by atoms with Crippen LogP contribution in [0.25, 0.3) is 10.2 Å². The summed E-state index contributed by atoms with van der Waals surface area (Å²) in [6.07, 6.45) is 2.34. The lowest BCUT2D eigenvalue weighted by Gasteiger charge is -2.22. The Morgan fingerprint density at radius 3 is 2.68 bits per heavy atom. The number of aromatic nitrogens is 2. The Labute approximate surface area is 117 Å². The summed E-state index contributed by atoms with van der Waals surface area (Å²) >= 11 is 1.70. The summed E-state index contributed by atoms with van der Waals surface area (Å²) in [5.74, 6) is 1.33. The number of hydrogen-bond donors (Lipinski definition) is 2. The van der Waals surface area contributed by atoms with Gasteiger partial charge < -0.3 is 10.4 Å². The zero-order valence-electron chi connectivity index (χ0n) is 11.9. The lowest BCUT2D eigenvalue weighted by Crippen LogP contribution is -2.27. The molecule has 0 aliphatic carbocycles. The molecule has 0 fully saturated rings. The van der Waals surface area contributed by atoms with E-state index in [-0.39, 0.29) is 12.6 Å². The Morgan fingerprint density at radius 1 is 1.32 bits per heavy atom. The smallest absolute Gasteiger partial charge is 0.138 e. The highest BCUT2D eigenvalue weighted by Gasteiger charge is 2.17. The van der Waals surface area contributed by atoms with Crippen LogP contribution in [0, 0.1) is 19.8 Å². The van der Waals surface area contributed by atoms with Gasteiger partial charge in [-0.05, 0) is 31.7 Å². The third-order valence-corrected chi connectivity index (χ3v) is 4.65. The van der Waals surface area contributed by atoms with Crippen LogP contribution in [0.15, 0.2) is 6.33 Å². The van der Waals surface area contributed by atoms with Crippen LogP contribution < -0.4 is 5.32 Å². The minimum absolute atomic E-state index is 0.186. The van der Waals surface area contributed by atoms with E-state index < -0.39 is 0 Å². The number of aliphatic hydroxyl groups excluding tert-OH is 1. The number of nitrogens with one attached hydrogen (secondary N) is 1. The third-order valence-electron chi connectivity index (χ3n) is 3.53. The highest BCUT2D eigenvalue weighted by molar-refractivity contribution is 7.18. The highest BCUT2D eigenvalue weighted by Crippen LogP contribution is 2.33. The van der Waals surface area contributed by atoms with Gasteiger partial charge in [0.25, 0.3) is 0 Å². The van der Waals surface area contributed by atoms with Crippen LogP contribution in [-0.2, 0) is 0 Å². The van der Waals surface area contributed by atoms with Crippen LogP contribution in [-0.4, -0.2) is 27.7 Å². The molecular weight excluding hydrogens is 258 g/mol. The van der Waals surface area contributed by atoms with E-state index in [4.69, 9.17) is 5.11 Å². The Balaban J connectivity index is 2.39. The molecule has 2 aromatic rings. The van der Waals surface area contributed by atoms with Crippen LogP contribution in [0.1, 0.15) is 30.7 Å². The summed E-state index contributed by atoms with van der Waals surface area (Å²) in [5, 5.41) is 13.8. The van der Waals surface area contributed by atoms with Crippen LogP contribution in [0.5, 0.6) is 0 Å². The van der Waals surface area contributed by atoms with Crippen molar-refractivity contribution >= 4 is 27.4 Å². The monoisotopic (exact) mass is 279 g/mol. The fraction of sp³-hybridized carbons (Fsp3) is 0.571. The molecule has 0 saturated heterocycles. The fourth-order valence-corrected chi connectivity index (χ4v) is 3.18. The number of aryl methyl sites for hydroxylation is 2. The number of nitrogens with zero attached hydrogens (tertiary/aromatic N) is 2. The number of fused-ring (bicyclic) bond motifs is 1. The van der Waals surface area contributed by atoms with Gasteiger partial charge in [-0.25, -0.2) is 9.97 Å². The van der Waals surface area contributed by atoms with Gasteiger partial charge in [-0.3, -0.25) is 0 Å². The average molecular weight is 279 g/mol. The molecule has 2 aromatic heterocycles. The van der Waals surface area contributed by atoms with Crippen molar-refractivity contribution in [3.63, 3.8) is 0 Å². The van der Waals surface area contributed by atoms with Gasteiger partial charge in [0.15, 0.2) is 0 Å². The predicted octanol–water partition coefficient (Wildman–Crippen LogP) is 3.13. The molecule has 5 heteroatoms. The molecule has 0 radical (unpaired) electrons. The van der Waals surface area contributed by atoms with Gasteiger partial charge in [-0.15, -0.1) is 11.3 Å². The number of aliphatic hydroxyl groups is 1. The van der Waals surface area contributed by atoms with Crippen molar-refractivity contribution < 1.29 is 5.11 Å². The van der Waals surface area contributed by atoms with Crippen molar-refractivity contribution in [2.45, 2.75) is 40.2 Å². The molecule has 104 valence electrons. The number of rotatable bonds is 5. The van der Waals surface area contributed by atoms with Gasteiger partial charge in [0.05, 0.1) is 5.39 Å². The first-order valence-electron chi connectivity index (χ1n) is 6.62. The van der Waals surface area contributed by atoms with E-state index in [1.165, 1.54) is 10.4 Å². The lowest BCUT2D eigenvalue weighted by molar-refractivity contribution is 0.267. The minimum atomic E-state index is 0.186. The van der Waals surface area contributed by atoms with Gasteiger partial charge in [0, 0.05) is 17.5 Å². The SMILES string of the molecule is Cc1sc2ncnc(NC(CCO)C(C)C)c2c1C. The second-order valence-corrected chi connectivity index (χ2v) is 6.40. The molecule has 2 N–H and O–H groups in total.